The SMILES string of the molecule is CC1(C)OB(c2ccc(C3(O)CCC4(CC3)OCCO4)nc2)OC1(C)C. The Hall–Kier alpha value is -0.985. The minimum Gasteiger partial charge on any atom is -0.399 e. The van der Waals surface area contributed by atoms with Gasteiger partial charge in [-0.1, -0.05) is 6.07 Å². The number of nitrogens with zero attached hydrogens (tertiary/aromatic N) is 1. The number of ether oxygens (including phenoxy) is 2. The molecular weight excluding hydrogens is 333 g/mol. The number of pyridine rings is 1. The van der Waals surface area contributed by atoms with Gasteiger partial charge >= 0.3 is 7.12 Å². The first-order chi connectivity index (χ1) is 12.1. The summed E-state index contributed by atoms with van der Waals surface area (Å²) < 4.78 is 23.6. The van der Waals surface area contributed by atoms with Crippen molar-refractivity contribution < 1.29 is 23.9 Å². The third kappa shape index (κ3) is 3.00. The highest BCUT2D eigenvalue weighted by Crippen LogP contribution is 2.44. The molecule has 2 aliphatic heterocycles. The molecule has 142 valence electrons. The number of aliphatic hydroxyl groups is 1. The van der Waals surface area contributed by atoms with E-state index in [1.807, 2.05) is 39.8 Å². The van der Waals surface area contributed by atoms with Gasteiger partial charge in [0.2, 0.25) is 0 Å². The lowest BCUT2D eigenvalue weighted by Gasteiger charge is -2.40. The predicted molar refractivity (Wildman–Crippen MR) is 97.0 cm³/mol. The van der Waals surface area contributed by atoms with Crippen LogP contribution in [-0.4, -0.2) is 47.4 Å². The van der Waals surface area contributed by atoms with Crippen molar-refractivity contribution in [2.75, 3.05) is 13.2 Å². The Kier molecular flexibility index (Phi) is 4.25. The van der Waals surface area contributed by atoms with Gasteiger partial charge in [0.15, 0.2) is 5.79 Å². The summed E-state index contributed by atoms with van der Waals surface area (Å²) in [6, 6.07) is 3.82. The summed E-state index contributed by atoms with van der Waals surface area (Å²) in [6.07, 6.45) is 4.28. The van der Waals surface area contributed by atoms with E-state index in [0.29, 0.717) is 44.6 Å². The van der Waals surface area contributed by atoms with Crippen LogP contribution in [0.3, 0.4) is 0 Å². The van der Waals surface area contributed by atoms with Crippen molar-refractivity contribution >= 4 is 12.6 Å². The van der Waals surface area contributed by atoms with E-state index in [1.54, 1.807) is 6.20 Å². The standard InChI is InChI=1S/C19H28BNO5/c1-16(2)17(3,4)26-20(25-16)14-5-6-15(21-13-14)18(22)7-9-19(10-8-18)23-11-12-24-19/h5-6,13,22H,7-12H2,1-4H3. The zero-order valence-electron chi connectivity index (χ0n) is 16.1. The molecule has 1 saturated carbocycles. The van der Waals surface area contributed by atoms with Gasteiger partial charge in [0.25, 0.3) is 0 Å². The van der Waals surface area contributed by atoms with Crippen LogP contribution in [0.4, 0.5) is 0 Å². The van der Waals surface area contributed by atoms with Crippen LogP contribution in [0.5, 0.6) is 0 Å². The third-order valence-electron chi connectivity index (χ3n) is 6.44. The van der Waals surface area contributed by atoms with Crippen molar-refractivity contribution in [3.8, 4) is 0 Å². The topological polar surface area (TPSA) is 70.0 Å². The molecule has 3 heterocycles. The summed E-state index contributed by atoms with van der Waals surface area (Å²) in [6.45, 7) is 9.40. The number of hydrogen-bond donors (Lipinski definition) is 1. The van der Waals surface area contributed by atoms with E-state index in [2.05, 4.69) is 4.98 Å². The Bertz CT molecular complexity index is 643. The average molecular weight is 361 g/mol. The smallest absolute Gasteiger partial charge is 0.399 e. The Morgan fingerprint density at radius 3 is 2.00 bits per heavy atom. The summed E-state index contributed by atoms with van der Waals surface area (Å²) in [4.78, 5) is 4.54. The van der Waals surface area contributed by atoms with Gasteiger partial charge in [-0.3, -0.25) is 4.98 Å². The monoisotopic (exact) mass is 361 g/mol. The van der Waals surface area contributed by atoms with E-state index in [4.69, 9.17) is 18.8 Å². The Labute approximate surface area is 155 Å². The first-order valence-corrected chi connectivity index (χ1v) is 9.47. The van der Waals surface area contributed by atoms with Crippen molar-refractivity contribution in [1.82, 2.24) is 4.98 Å². The Balaban J connectivity index is 1.47. The van der Waals surface area contributed by atoms with E-state index in [1.165, 1.54) is 0 Å². The van der Waals surface area contributed by atoms with Gasteiger partial charge in [0.05, 0.1) is 30.1 Å². The van der Waals surface area contributed by atoms with Crippen molar-refractivity contribution in [2.24, 2.45) is 0 Å². The molecule has 1 aromatic heterocycles. The number of rotatable bonds is 2. The summed E-state index contributed by atoms with van der Waals surface area (Å²) in [5.41, 5.74) is -0.146. The highest BCUT2D eigenvalue weighted by Gasteiger charge is 2.52. The van der Waals surface area contributed by atoms with Gasteiger partial charge in [-0.25, -0.2) is 0 Å². The molecule has 1 spiro atoms. The van der Waals surface area contributed by atoms with E-state index >= 15 is 0 Å². The van der Waals surface area contributed by atoms with Crippen LogP contribution < -0.4 is 5.46 Å². The molecule has 0 bridgehead atoms. The minimum absolute atomic E-state index is 0.381. The van der Waals surface area contributed by atoms with E-state index < -0.39 is 18.5 Å². The molecule has 0 aromatic carbocycles. The van der Waals surface area contributed by atoms with Gasteiger partial charge in [-0.2, -0.15) is 0 Å². The Morgan fingerprint density at radius 2 is 1.50 bits per heavy atom. The average Bonchev–Trinajstić information content (AvgIpc) is 3.14. The lowest BCUT2D eigenvalue weighted by atomic mass is 9.77. The van der Waals surface area contributed by atoms with E-state index in [0.717, 1.165) is 5.46 Å². The molecule has 1 aromatic rings. The van der Waals surface area contributed by atoms with Crippen molar-refractivity contribution in [2.45, 2.75) is 76.0 Å². The molecule has 3 fully saturated rings. The maximum absolute atomic E-state index is 11.1. The molecule has 0 amide bonds. The second-order valence-electron chi connectivity index (χ2n) is 8.70. The normalized spacial score (nSPS) is 28.6. The van der Waals surface area contributed by atoms with Gasteiger partial charge in [0, 0.05) is 24.5 Å². The zero-order valence-corrected chi connectivity index (χ0v) is 16.1. The third-order valence-corrected chi connectivity index (χ3v) is 6.44. The highest BCUT2D eigenvalue weighted by atomic mass is 16.7. The lowest BCUT2D eigenvalue weighted by molar-refractivity contribution is -0.204. The van der Waals surface area contributed by atoms with Crippen molar-refractivity contribution in [3.05, 3.63) is 24.0 Å². The summed E-state index contributed by atoms with van der Waals surface area (Å²) >= 11 is 0. The fourth-order valence-corrected chi connectivity index (χ4v) is 3.89. The largest absolute Gasteiger partial charge is 0.496 e. The van der Waals surface area contributed by atoms with Crippen LogP contribution in [0, 0.1) is 0 Å². The van der Waals surface area contributed by atoms with Crippen molar-refractivity contribution in [3.63, 3.8) is 0 Å². The van der Waals surface area contributed by atoms with E-state index in [9.17, 15) is 5.11 Å². The molecule has 1 N–H and O–H groups in total. The predicted octanol–water partition coefficient (Wildman–Crippen LogP) is 1.89. The molecule has 0 radical (unpaired) electrons. The fraction of sp³-hybridized carbons (Fsp3) is 0.737. The highest BCUT2D eigenvalue weighted by molar-refractivity contribution is 6.62. The molecule has 26 heavy (non-hydrogen) atoms. The molecule has 3 aliphatic rings. The zero-order chi connectivity index (χ0) is 18.6. The first-order valence-electron chi connectivity index (χ1n) is 9.47. The number of aromatic nitrogens is 1. The second-order valence-corrected chi connectivity index (χ2v) is 8.70. The van der Waals surface area contributed by atoms with Crippen LogP contribution in [0.25, 0.3) is 0 Å². The lowest BCUT2D eigenvalue weighted by Crippen LogP contribution is -2.43. The summed E-state index contributed by atoms with van der Waals surface area (Å²) in [5, 5.41) is 11.1. The van der Waals surface area contributed by atoms with E-state index in [-0.39, 0.29) is 11.2 Å². The van der Waals surface area contributed by atoms with Gasteiger partial charge in [-0.05, 0) is 46.6 Å². The minimum atomic E-state index is -0.935. The molecule has 1 aliphatic carbocycles. The molecule has 2 saturated heterocycles. The molecule has 4 rings (SSSR count). The Morgan fingerprint density at radius 1 is 0.923 bits per heavy atom. The van der Waals surface area contributed by atoms with Crippen LogP contribution in [-0.2, 0) is 24.4 Å². The van der Waals surface area contributed by atoms with Gasteiger partial charge in [0.1, 0.15) is 5.60 Å². The first kappa shape index (κ1) is 18.4. The second kappa shape index (κ2) is 6.01. The summed E-state index contributed by atoms with van der Waals surface area (Å²) in [5.74, 6) is -0.491. The van der Waals surface area contributed by atoms with Crippen molar-refractivity contribution in [1.29, 1.82) is 0 Å². The summed E-state index contributed by atoms with van der Waals surface area (Å²) in [7, 11) is -0.439. The number of hydrogen-bond acceptors (Lipinski definition) is 6. The fourth-order valence-electron chi connectivity index (χ4n) is 3.89. The molecule has 6 nitrogen and oxygen atoms in total. The molecular formula is C19H28BNO5. The van der Waals surface area contributed by atoms with Crippen LogP contribution in [0.15, 0.2) is 18.3 Å². The molecule has 0 atom stereocenters. The quantitative estimate of drug-likeness (QED) is 0.812. The van der Waals surface area contributed by atoms with Crippen LogP contribution in [0.2, 0.25) is 0 Å². The van der Waals surface area contributed by atoms with Gasteiger partial charge in [-0.15, -0.1) is 0 Å². The molecule has 7 heteroatoms. The maximum atomic E-state index is 11.1. The van der Waals surface area contributed by atoms with Gasteiger partial charge < -0.3 is 23.9 Å². The van der Waals surface area contributed by atoms with Crippen LogP contribution in [0.1, 0.15) is 59.1 Å². The maximum Gasteiger partial charge on any atom is 0.496 e. The van der Waals surface area contributed by atoms with Crippen LogP contribution >= 0.6 is 0 Å². The molecule has 0 unspecified atom stereocenters.